The quantitative estimate of drug-likeness (QED) is 0.710. The van der Waals surface area contributed by atoms with Gasteiger partial charge < -0.3 is 9.80 Å². The number of hydrogen-bond donors (Lipinski definition) is 0. The summed E-state index contributed by atoms with van der Waals surface area (Å²) in [4.78, 5) is 35.6. The highest BCUT2D eigenvalue weighted by Gasteiger charge is 2.30. The summed E-state index contributed by atoms with van der Waals surface area (Å²) in [6.45, 7) is 1.23. The largest absolute Gasteiger partial charge is 0.416 e. The second-order valence-electron chi connectivity index (χ2n) is 6.28. The minimum absolute atomic E-state index is 0.103. The van der Waals surface area contributed by atoms with Crippen molar-refractivity contribution < 1.29 is 22.8 Å². The van der Waals surface area contributed by atoms with Crippen LogP contribution in [0.4, 0.5) is 13.2 Å². The molecule has 0 radical (unpaired) electrons. The van der Waals surface area contributed by atoms with Gasteiger partial charge in [0, 0.05) is 49.7 Å². The van der Waals surface area contributed by atoms with Crippen LogP contribution in [0.3, 0.4) is 0 Å². The number of halogens is 4. The number of alkyl halides is 3. The molecular weight excluding hydrogens is 409 g/mol. The summed E-state index contributed by atoms with van der Waals surface area (Å²) in [6.07, 6.45) is 2.22. The van der Waals surface area contributed by atoms with E-state index in [9.17, 15) is 22.8 Å². The third-order valence-electron chi connectivity index (χ3n) is 4.39. The van der Waals surface area contributed by atoms with Crippen LogP contribution < -0.4 is 0 Å². The first-order valence-electron chi connectivity index (χ1n) is 8.65. The number of benzene rings is 1. The van der Waals surface area contributed by atoms with Gasteiger partial charge in [-0.2, -0.15) is 13.2 Å². The number of rotatable bonds is 3. The van der Waals surface area contributed by atoms with E-state index in [2.05, 4.69) is 9.97 Å². The molecule has 0 spiro atoms. The van der Waals surface area contributed by atoms with Crippen molar-refractivity contribution >= 4 is 29.5 Å². The molecule has 0 bridgehead atoms. The van der Waals surface area contributed by atoms with Crippen molar-refractivity contribution in [2.75, 3.05) is 26.2 Å². The van der Waals surface area contributed by atoms with E-state index in [4.69, 9.17) is 11.6 Å². The Morgan fingerprint density at radius 1 is 1.07 bits per heavy atom. The molecule has 1 aliphatic rings. The second-order valence-corrected chi connectivity index (χ2v) is 6.68. The lowest BCUT2D eigenvalue weighted by Crippen LogP contribution is -2.50. The predicted molar refractivity (Wildman–Crippen MR) is 100 cm³/mol. The molecule has 3 rings (SSSR count). The van der Waals surface area contributed by atoms with Crippen LogP contribution in [0.15, 0.2) is 42.9 Å². The number of carbonyl (C=O) groups is 2. The van der Waals surface area contributed by atoms with Crippen molar-refractivity contribution in [3.63, 3.8) is 0 Å². The lowest BCUT2D eigenvalue weighted by Gasteiger charge is -2.34. The highest BCUT2D eigenvalue weighted by molar-refractivity contribution is 6.32. The zero-order chi connectivity index (χ0) is 21.0. The molecule has 0 atom stereocenters. The fourth-order valence-corrected chi connectivity index (χ4v) is 3.00. The maximum atomic E-state index is 12.8. The van der Waals surface area contributed by atoms with Crippen LogP contribution in [0, 0.1) is 0 Å². The Bertz CT molecular complexity index is 927. The van der Waals surface area contributed by atoms with Gasteiger partial charge >= 0.3 is 6.18 Å². The molecule has 1 fully saturated rings. The Morgan fingerprint density at radius 2 is 1.76 bits per heavy atom. The van der Waals surface area contributed by atoms with Crippen LogP contribution >= 0.6 is 11.6 Å². The predicted octanol–water partition coefficient (Wildman–Crippen LogP) is 3.15. The van der Waals surface area contributed by atoms with Crippen LogP contribution in [0.5, 0.6) is 0 Å². The Kier molecular flexibility index (Phi) is 6.17. The van der Waals surface area contributed by atoms with Gasteiger partial charge in [0.1, 0.15) is 5.69 Å². The zero-order valence-electron chi connectivity index (χ0n) is 15.1. The molecule has 2 aromatic rings. The van der Waals surface area contributed by atoms with Gasteiger partial charge in [-0.3, -0.25) is 14.6 Å². The first-order valence-corrected chi connectivity index (χ1v) is 9.02. The molecule has 0 unspecified atom stereocenters. The average Bonchev–Trinajstić information content (AvgIpc) is 2.72. The lowest BCUT2D eigenvalue weighted by molar-refractivity contribution is -0.137. The van der Waals surface area contributed by atoms with Crippen molar-refractivity contribution in [2.24, 2.45) is 0 Å². The summed E-state index contributed by atoms with van der Waals surface area (Å²) in [5, 5.41) is 0.112. The van der Waals surface area contributed by atoms with Crippen LogP contribution in [0.2, 0.25) is 5.02 Å². The number of hydrogen-bond acceptors (Lipinski definition) is 4. The van der Waals surface area contributed by atoms with Gasteiger partial charge in [0.25, 0.3) is 5.91 Å². The van der Waals surface area contributed by atoms with Crippen molar-refractivity contribution in [1.29, 1.82) is 0 Å². The summed E-state index contributed by atoms with van der Waals surface area (Å²) >= 11 is 5.93. The van der Waals surface area contributed by atoms with E-state index in [1.54, 1.807) is 4.90 Å². The van der Waals surface area contributed by atoms with E-state index in [-0.39, 0.29) is 28.1 Å². The van der Waals surface area contributed by atoms with E-state index in [1.165, 1.54) is 35.6 Å². The molecule has 1 aliphatic heterocycles. The molecule has 152 valence electrons. The van der Waals surface area contributed by atoms with Crippen LogP contribution in [-0.4, -0.2) is 57.8 Å². The first-order chi connectivity index (χ1) is 13.8. The summed E-state index contributed by atoms with van der Waals surface area (Å²) in [7, 11) is 0. The minimum atomic E-state index is -4.50. The Hall–Kier alpha value is -2.94. The smallest absolute Gasteiger partial charge is 0.336 e. The number of piperazine rings is 1. The minimum Gasteiger partial charge on any atom is -0.336 e. The number of carbonyl (C=O) groups excluding carboxylic acids is 2. The zero-order valence-corrected chi connectivity index (χ0v) is 15.8. The molecule has 0 aliphatic carbocycles. The normalized spacial score (nSPS) is 15.0. The Balaban J connectivity index is 1.61. The van der Waals surface area contributed by atoms with E-state index in [0.29, 0.717) is 26.2 Å². The molecule has 1 aromatic heterocycles. The molecule has 2 amide bonds. The van der Waals surface area contributed by atoms with Gasteiger partial charge in [-0.05, 0) is 29.8 Å². The fraction of sp³-hybridized carbons (Fsp3) is 0.263. The molecule has 29 heavy (non-hydrogen) atoms. The summed E-state index contributed by atoms with van der Waals surface area (Å²) in [5.74, 6) is -0.637. The molecule has 6 nitrogen and oxygen atoms in total. The third-order valence-corrected chi connectivity index (χ3v) is 4.73. The lowest BCUT2D eigenvalue weighted by atomic mass is 10.1. The molecule has 10 heteroatoms. The van der Waals surface area contributed by atoms with Crippen molar-refractivity contribution in [2.45, 2.75) is 6.18 Å². The summed E-state index contributed by atoms with van der Waals surface area (Å²) in [5.41, 5.74) is -0.511. The average molecular weight is 425 g/mol. The van der Waals surface area contributed by atoms with Crippen molar-refractivity contribution in [3.8, 4) is 0 Å². The van der Waals surface area contributed by atoms with Gasteiger partial charge in [-0.1, -0.05) is 11.6 Å². The summed E-state index contributed by atoms with van der Waals surface area (Å²) in [6, 6.07) is 2.92. The van der Waals surface area contributed by atoms with Gasteiger partial charge in [0.2, 0.25) is 5.91 Å². The highest BCUT2D eigenvalue weighted by Crippen LogP contribution is 2.32. The fourth-order valence-electron chi connectivity index (χ4n) is 2.82. The maximum Gasteiger partial charge on any atom is 0.416 e. The molecule has 2 heterocycles. The van der Waals surface area contributed by atoms with Gasteiger partial charge in [0.15, 0.2) is 0 Å². The van der Waals surface area contributed by atoms with Crippen molar-refractivity contribution in [1.82, 2.24) is 19.8 Å². The van der Waals surface area contributed by atoms with E-state index in [0.717, 1.165) is 18.2 Å². The number of amides is 2. The monoisotopic (exact) mass is 424 g/mol. The van der Waals surface area contributed by atoms with Crippen LogP contribution in [0.25, 0.3) is 6.08 Å². The third kappa shape index (κ3) is 5.11. The number of aromatic nitrogens is 2. The van der Waals surface area contributed by atoms with Gasteiger partial charge in [0.05, 0.1) is 11.8 Å². The topological polar surface area (TPSA) is 66.4 Å². The Morgan fingerprint density at radius 3 is 2.38 bits per heavy atom. The van der Waals surface area contributed by atoms with Crippen molar-refractivity contribution in [3.05, 3.63) is 64.7 Å². The SMILES string of the molecule is O=C(/C=C/c1cc(C(F)(F)F)ccc1Cl)N1CCN(C(=O)c2cnccn2)CC1. The molecular formula is C19H16ClF3N4O2. The van der Waals surface area contributed by atoms with Crippen LogP contribution in [-0.2, 0) is 11.0 Å². The van der Waals surface area contributed by atoms with Gasteiger partial charge in [-0.15, -0.1) is 0 Å². The van der Waals surface area contributed by atoms with Gasteiger partial charge in [-0.25, -0.2) is 4.98 Å². The Labute approximate surface area is 169 Å². The van der Waals surface area contributed by atoms with E-state index >= 15 is 0 Å². The number of nitrogens with zero attached hydrogens (tertiary/aromatic N) is 4. The standard InChI is InChI=1S/C19H16ClF3N4O2/c20-15-3-2-14(19(21,22)23)11-13(15)1-4-17(28)26-7-9-27(10-8-26)18(29)16-12-24-5-6-25-16/h1-6,11-12H,7-10H2/b4-1+. The molecule has 1 aromatic carbocycles. The van der Waals surface area contributed by atoms with E-state index in [1.807, 2.05) is 0 Å². The van der Waals surface area contributed by atoms with E-state index < -0.39 is 11.7 Å². The molecule has 0 N–H and O–H groups in total. The summed E-state index contributed by atoms with van der Waals surface area (Å²) < 4.78 is 38.5. The molecule has 0 saturated carbocycles. The second kappa shape index (κ2) is 8.60. The van der Waals surface area contributed by atoms with Crippen LogP contribution in [0.1, 0.15) is 21.6 Å². The molecule has 1 saturated heterocycles. The highest BCUT2D eigenvalue weighted by atomic mass is 35.5. The first kappa shape index (κ1) is 20.8. The maximum absolute atomic E-state index is 12.8.